The van der Waals surface area contributed by atoms with Gasteiger partial charge in [-0.05, 0) is 38.2 Å². The molecule has 10 nitrogen and oxygen atoms in total. The first-order chi connectivity index (χ1) is 17.1. The first kappa shape index (κ1) is 23.0. The molecule has 4 aromatic rings. The molecule has 1 aliphatic heterocycles. The summed E-state index contributed by atoms with van der Waals surface area (Å²) >= 11 is 0. The van der Waals surface area contributed by atoms with E-state index >= 15 is 0 Å². The molecule has 0 atom stereocenters. The van der Waals surface area contributed by atoms with E-state index < -0.39 is 0 Å². The van der Waals surface area contributed by atoms with Crippen molar-refractivity contribution in [3.63, 3.8) is 0 Å². The molecule has 1 fully saturated rings. The number of hydrogen-bond acceptors (Lipinski definition) is 7. The number of fused-ring (bicyclic) bond motifs is 1. The number of amides is 1. The Balaban J connectivity index is 1.35. The molecule has 0 radical (unpaired) electrons. The summed E-state index contributed by atoms with van der Waals surface area (Å²) in [7, 11) is 3.79. The maximum absolute atomic E-state index is 13.1. The second-order valence-electron chi connectivity index (χ2n) is 8.70. The Hall–Kier alpha value is -3.76. The quantitative estimate of drug-likeness (QED) is 0.390. The molecule has 182 valence electrons. The number of aromatic nitrogens is 5. The molecule has 4 heterocycles. The van der Waals surface area contributed by atoms with Crippen LogP contribution >= 0.6 is 0 Å². The van der Waals surface area contributed by atoms with Gasteiger partial charge < -0.3 is 19.9 Å². The van der Waals surface area contributed by atoms with Crippen LogP contribution in [0.2, 0.25) is 0 Å². The summed E-state index contributed by atoms with van der Waals surface area (Å²) in [4.78, 5) is 26.9. The number of carbonyl (C=O) groups excluding carboxylic acids is 1. The SMILES string of the molecule is COc1cccc(-n2nccc2-c2nc(C(=O)NCCCN3CCN(C)CC3)c3cnccn23)c1. The Labute approximate surface area is 204 Å². The van der Waals surface area contributed by atoms with Crippen LogP contribution in [0.15, 0.2) is 55.1 Å². The predicted molar refractivity (Wildman–Crippen MR) is 133 cm³/mol. The number of methoxy groups -OCH3 is 1. The van der Waals surface area contributed by atoms with Gasteiger partial charge in [0.15, 0.2) is 11.5 Å². The molecular weight excluding hydrogens is 444 g/mol. The monoisotopic (exact) mass is 474 g/mol. The Morgan fingerprint density at radius 1 is 1.14 bits per heavy atom. The van der Waals surface area contributed by atoms with E-state index in [1.165, 1.54) is 0 Å². The van der Waals surface area contributed by atoms with Crippen molar-refractivity contribution in [2.75, 3.05) is 53.4 Å². The number of piperazine rings is 1. The van der Waals surface area contributed by atoms with Crippen LogP contribution in [0.3, 0.4) is 0 Å². The number of nitrogens with zero attached hydrogens (tertiary/aromatic N) is 7. The van der Waals surface area contributed by atoms with Crippen molar-refractivity contribution in [3.8, 4) is 23.0 Å². The van der Waals surface area contributed by atoms with Crippen molar-refractivity contribution >= 4 is 11.4 Å². The van der Waals surface area contributed by atoms with E-state index in [4.69, 9.17) is 9.72 Å². The molecule has 3 aromatic heterocycles. The third-order valence-corrected chi connectivity index (χ3v) is 6.36. The van der Waals surface area contributed by atoms with Crippen molar-refractivity contribution in [1.82, 2.24) is 39.3 Å². The van der Waals surface area contributed by atoms with Crippen LogP contribution in [0.25, 0.3) is 22.7 Å². The van der Waals surface area contributed by atoms with Gasteiger partial charge in [0.25, 0.3) is 5.91 Å². The zero-order chi connectivity index (χ0) is 24.2. The predicted octanol–water partition coefficient (Wildman–Crippen LogP) is 1.96. The molecule has 0 bridgehead atoms. The summed E-state index contributed by atoms with van der Waals surface area (Å²) in [5.74, 6) is 1.15. The normalized spacial score (nSPS) is 14.9. The Morgan fingerprint density at radius 2 is 2.00 bits per heavy atom. The standard InChI is InChI=1S/C25H30N8O2/c1-30-13-15-31(16-14-30)11-4-8-27-25(34)23-22-18-26-10-12-32(22)24(29-23)21-7-9-28-33(21)19-5-3-6-20(17-19)35-2/h3,5-7,9-10,12,17-18H,4,8,11,13-16H2,1-2H3,(H,27,34). The van der Waals surface area contributed by atoms with Gasteiger partial charge >= 0.3 is 0 Å². The lowest BCUT2D eigenvalue weighted by molar-refractivity contribution is 0.0946. The lowest BCUT2D eigenvalue weighted by Gasteiger charge is -2.32. The average molecular weight is 475 g/mol. The van der Waals surface area contributed by atoms with Crippen LogP contribution in [-0.2, 0) is 0 Å². The number of carbonyl (C=O) groups is 1. The smallest absolute Gasteiger partial charge is 0.272 e. The van der Waals surface area contributed by atoms with Crippen LogP contribution in [0.4, 0.5) is 0 Å². The summed E-state index contributed by atoms with van der Waals surface area (Å²) < 4.78 is 9.03. The number of imidazole rings is 1. The minimum Gasteiger partial charge on any atom is -0.497 e. The lowest BCUT2D eigenvalue weighted by Crippen LogP contribution is -2.45. The molecule has 1 saturated heterocycles. The number of likely N-dealkylation sites (N-methyl/N-ethyl adjacent to an activating group) is 1. The van der Waals surface area contributed by atoms with Gasteiger partial charge in [-0.1, -0.05) is 6.07 Å². The summed E-state index contributed by atoms with van der Waals surface area (Å²) in [5, 5.41) is 7.53. The molecule has 0 aliphatic carbocycles. The van der Waals surface area contributed by atoms with Crippen LogP contribution in [-0.4, -0.2) is 93.3 Å². The van der Waals surface area contributed by atoms with Crippen molar-refractivity contribution in [1.29, 1.82) is 0 Å². The summed E-state index contributed by atoms with van der Waals surface area (Å²) in [6.07, 6.45) is 7.78. The minimum absolute atomic E-state index is 0.201. The zero-order valence-electron chi connectivity index (χ0n) is 20.1. The van der Waals surface area contributed by atoms with E-state index in [0.29, 0.717) is 23.6 Å². The zero-order valence-corrected chi connectivity index (χ0v) is 20.1. The second kappa shape index (κ2) is 10.2. The number of benzene rings is 1. The molecule has 5 rings (SSSR count). The molecule has 0 unspecified atom stereocenters. The minimum atomic E-state index is -0.201. The third-order valence-electron chi connectivity index (χ3n) is 6.36. The highest BCUT2D eigenvalue weighted by Crippen LogP contribution is 2.26. The summed E-state index contributed by atoms with van der Waals surface area (Å²) in [5.41, 5.74) is 2.60. The van der Waals surface area contributed by atoms with E-state index in [1.54, 1.807) is 30.4 Å². The largest absolute Gasteiger partial charge is 0.497 e. The van der Waals surface area contributed by atoms with E-state index in [2.05, 4.69) is 32.2 Å². The molecule has 0 saturated carbocycles. The topological polar surface area (TPSA) is 92.8 Å². The Bertz CT molecular complexity index is 1310. The fourth-order valence-corrected chi connectivity index (χ4v) is 4.37. The maximum Gasteiger partial charge on any atom is 0.272 e. The molecule has 1 aromatic carbocycles. The van der Waals surface area contributed by atoms with Crippen molar-refractivity contribution in [3.05, 3.63) is 60.8 Å². The van der Waals surface area contributed by atoms with E-state index in [1.807, 2.05) is 40.9 Å². The van der Waals surface area contributed by atoms with Crippen LogP contribution in [0.5, 0.6) is 5.75 Å². The second-order valence-corrected chi connectivity index (χ2v) is 8.70. The van der Waals surface area contributed by atoms with Gasteiger partial charge in [0.05, 0.1) is 30.7 Å². The molecule has 1 aliphatic rings. The fourth-order valence-electron chi connectivity index (χ4n) is 4.37. The van der Waals surface area contributed by atoms with E-state index in [-0.39, 0.29) is 5.91 Å². The number of hydrogen-bond donors (Lipinski definition) is 1. The van der Waals surface area contributed by atoms with Gasteiger partial charge in [0.1, 0.15) is 11.4 Å². The molecular formula is C25H30N8O2. The third kappa shape index (κ3) is 4.89. The first-order valence-corrected chi connectivity index (χ1v) is 11.8. The number of nitrogens with one attached hydrogen (secondary N) is 1. The van der Waals surface area contributed by atoms with Crippen molar-refractivity contribution in [2.45, 2.75) is 6.42 Å². The highest BCUT2D eigenvalue weighted by atomic mass is 16.5. The van der Waals surface area contributed by atoms with Crippen LogP contribution in [0.1, 0.15) is 16.9 Å². The van der Waals surface area contributed by atoms with Gasteiger partial charge in [0.2, 0.25) is 0 Å². The van der Waals surface area contributed by atoms with Gasteiger partial charge in [0, 0.05) is 51.2 Å². The Morgan fingerprint density at radius 3 is 2.83 bits per heavy atom. The average Bonchev–Trinajstić information content (AvgIpc) is 3.53. The molecule has 0 spiro atoms. The summed E-state index contributed by atoms with van der Waals surface area (Å²) in [6.45, 7) is 5.91. The number of rotatable bonds is 8. The molecule has 1 N–H and O–H groups in total. The fraction of sp³-hybridized carbons (Fsp3) is 0.360. The highest BCUT2D eigenvalue weighted by Gasteiger charge is 2.21. The molecule has 35 heavy (non-hydrogen) atoms. The number of ether oxygens (including phenoxy) is 1. The van der Waals surface area contributed by atoms with Crippen molar-refractivity contribution < 1.29 is 9.53 Å². The maximum atomic E-state index is 13.1. The van der Waals surface area contributed by atoms with Crippen LogP contribution < -0.4 is 10.1 Å². The summed E-state index contributed by atoms with van der Waals surface area (Å²) in [6, 6.07) is 9.53. The van der Waals surface area contributed by atoms with Gasteiger partial charge in [-0.15, -0.1) is 0 Å². The van der Waals surface area contributed by atoms with Gasteiger partial charge in [-0.3, -0.25) is 14.2 Å². The van der Waals surface area contributed by atoms with E-state index in [9.17, 15) is 4.79 Å². The van der Waals surface area contributed by atoms with Crippen LogP contribution in [0, 0.1) is 0 Å². The Kier molecular flexibility index (Phi) is 6.73. The molecule has 10 heteroatoms. The van der Waals surface area contributed by atoms with Gasteiger partial charge in [-0.2, -0.15) is 5.10 Å². The molecule has 1 amide bonds. The van der Waals surface area contributed by atoms with E-state index in [0.717, 1.165) is 56.3 Å². The first-order valence-electron chi connectivity index (χ1n) is 11.8. The lowest BCUT2D eigenvalue weighted by atomic mass is 10.3. The highest BCUT2D eigenvalue weighted by molar-refractivity contribution is 5.99. The van der Waals surface area contributed by atoms with Gasteiger partial charge in [-0.25, -0.2) is 9.67 Å². The van der Waals surface area contributed by atoms with Crippen molar-refractivity contribution in [2.24, 2.45) is 0 Å².